The van der Waals surface area contributed by atoms with Crippen LogP contribution in [-0.2, 0) is 11.8 Å². The molecule has 4 heteroatoms. The molecule has 0 radical (unpaired) electrons. The summed E-state index contributed by atoms with van der Waals surface area (Å²) in [7, 11) is 5.73. The van der Waals surface area contributed by atoms with E-state index in [1.165, 1.54) is 16.7 Å². The first-order valence-electron chi connectivity index (χ1n) is 8.76. The van der Waals surface area contributed by atoms with Crippen molar-refractivity contribution in [2.75, 3.05) is 27.8 Å². The average molecular weight is 317 g/mol. The molecule has 1 aromatic carbocycles. The lowest BCUT2D eigenvalue weighted by molar-refractivity contribution is 0.0853. The molecule has 0 aromatic heterocycles. The molecule has 1 aliphatic heterocycles. The Balaban J connectivity index is 1.93. The molecule has 126 valence electrons. The Hall–Kier alpha value is -1.26. The number of benzene rings is 1. The lowest BCUT2D eigenvalue weighted by atomic mass is 9.69. The summed E-state index contributed by atoms with van der Waals surface area (Å²) < 4.78 is 11.5. The van der Waals surface area contributed by atoms with Gasteiger partial charge in [0.05, 0.1) is 20.3 Å². The van der Waals surface area contributed by atoms with Crippen molar-refractivity contribution in [1.29, 1.82) is 0 Å². The number of likely N-dealkylation sites (N-methyl/N-ethyl adjacent to an activating group) is 1. The maximum atomic E-state index is 10.0. The Kier molecular flexibility index (Phi) is 3.58. The third-order valence-corrected chi connectivity index (χ3v) is 6.42. The lowest BCUT2D eigenvalue weighted by Crippen LogP contribution is -2.34. The fourth-order valence-corrected chi connectivity index (χ4v) is 5.19. The standard InChI is InChI=1S/C19H27NO3/c1-20-9-6-12-10-15(22-2)18(23-3)17-16(12)14(20)11-19(17)7-4-13(21)5-8-19/h10,13-14,21H,4-9,11H2,1-3H3/t13?,14-,19?/m1/s1. The van der Waals surface area contributed by atoms with Gasteiger partial charge in [-0.15, -0.1) is 0 Å². The number of hydrogen-bond acceptors (Lipinski definition) is 4. The zero-order valence-corrected chi connectivity index (χ0v) is 14.4. The molecule has 2 aliphatic carbocycles. The van der Waals surface area contributed by atoms with Crippen molar-refractivity contribution < 1.29 is 14.6 Å². The minimum atomic E-state index is -0.137. The van der Waals surface area contributed by atoms with E-state index in [4.69, 9.17) is 9.47 Å². The van der Waals surface area contributed by atoms with Crippen molar-refractivity contribution in [2.24, 2.45) is 0 Å². The van der Waals surface area contributed by atoms with Gasteiger partial charge in [-0.05, 0) is 62.8 Å². The van der Waals surface area contributed by atoms with Crippen LogP contribution in [0.1, 0.15) is 54.8 Å². The van der Waals surface area contributed by atoms with E-state index in [2.05, 4.69) is 18.0 Å². The third kappa shape index (κ3) is 2.11. The van der Waals surface area contributed by atoms with Gasteiger partial charge in [0.1, 0.15) is 0 Å². The SMILES string of the molecule is COc1cc2c3c(c1OC)C1(CCC(O)CC1)C[C@H]3N(C)CC2. The van der Waals surface area contributed by atoms with E-state index in [0.717, 1.165) is 56.6 Å². The highest BCUT2D eigenvalue weighted by molar-refractivity contribution is 5.62. The molecular weight excluding hydrogens is 290 g/mol. The monoisotopic (exact) mass is 317 g/mol. The second-order valence-electron chi connectivity index (χ2n) is 7.52. The molecule has 0 bridgehead atoms. The van der Waals surface area contributed by atoms with Crippen LogP contribution in [-0.4, -0.2) is 43.9 Å². The van der Waals surface area contributed by atoms with Gasteiger partial charge in [-0.3, -0.25) is 4.90 Å². The highest BCUT2D eigenvalue weighted by Crippen LogP contribution is 2.60. The Bertz CT molecular complexity index is 620. The van der Waals surface area contributed by atoms with Gasteiger partial charge >= 0.3 is 0 Å². The summed E-state index contributed by atoms with van der Waals surface area (Å²) in [6, 6.07) is 2.68. The molecule has 0 amide bonds. The van der Waals surface area contributed by atoms with Crippen LogP contribution in [0.5, 0.6) is 11.5 Å². The highest BCUT2D eigenvalue weighted by Gasteiger charge is 2.51. The summed E-state index contributed by atoms with van der Waals surface area (Å²) in [6.07, 6.45) is 5.98. The van der Waals surface area contributed by atoms with Gasteiger partial charge in [-0.2, -0.15) is 0 Å². The van der Waals surface area contributed by atoms with E-state index in [0.29, 0.717) is 6.04 Å². The molecule has 23 heavy (non-hydrogen) atoms. The van der Waals surface area contributed by atoms with Crippen LogP contribution >= 0.6 is 0 Å². The van der Waals surface area contributed by atoms with Gasteiger partial charge in [-0.25, -0.2) is 0 Å². The number of rotatable bonds is 2. The van der Waals surface area contributed by atoms with Gasteiger partial charge < -0.3 is 14.6 Å². The molecule has 1 N–H and O–H groups in total. The summed E-state index contributed by atoms with van der Waals surface area (Å²) in [5.74, 6) is 1.80. The average Bonchev–Trinajstić information content (AvgIpc) is 2.90. The van der Waals surface area contributed by atoms with E-state index in [-0.39, 0.29) is 11.5 Å². The number of aliphatic hydroxyl groups is 1. The van der Waals surface area contributed by atoms with Crippen LogP contribution in [0.25, 0.3) is 0 Å². The predicted molar refractivity (Wildman–Crippen MR) is 89.4 cm³/mol. The van der Waals surface area contributed by atoms with Gasteiger partial charge in [0.25, 0.3) is 0 Å². The Morgan fingerprint density at radius 3 is 2.61 bits per heavy atom. The summed E-state index contributed by atoms with van der Waals surface area (Å²) in [5, 5.41) is 10.0. The molecule has 1 fully saturated rings. The second kappa shape index (κ2) is 5.38. The number of fused-ring (bicyclic) bond motifs is 1. The van der Waals surface area contributed by atoms with Crippen LogP contribution in [0, 0.1) is 0 Å². The summed E-state index contributed by atoms with van der Waals surface area (Å²) in [5.41, 5.74) is 4.46. The van der Waals surface area contributed by atoms with Crippen LogP contribution < -0.4 is 9.47 Å². The van der Waals surface area contributed by atoms with Crippen molar-refractivity contribution >= 4 is 0 Å². The van der Waals surface area contributed by atoms with E-state index in [1.807, 2.05) is 0 Å². The number of methoxy groups -OCH3 is 2. The zero-order valence-electron chi connectivity index (χ0n) is 14.4. The Morgan fingerprint density at radius 1 is 1.22 bits per heavy atom. The smallest absolute Gasteiger partial charge is 0.164 e. The zero-order chi connectivity index (χ0) is 16.2. The largest absolute Gasteiger partial charge is 0.493 e. The maximum Gasteiger partial charge on any atom is 0.164 e. The Labute approximate surface area is 138 Å². The van der Waals surface area contributed by atoms with Gasteiger partial charge in [-0.1, -0.05) is 0 Å². The molecule has 3 aliphatic rings. The third-order valence-electron chi connectivity index (χ3n) is 6.42. The van der Waals surface area contributed by atoms with Crippen LogP contribution in [0.4, 0.5) is 0 Å². The fourth-order valence-electron chi connectivity index (χ4n) is 5.19. The first-order valence-corrected chi connectivity index (χ1v) is 8.76. The van der Waals surface area contributed by atoms with Gasteiger partial charge in [0, 0.05) is 23.6 Å². The molecular formula is C19H27NO3. The van der Waals surface area contributed by atoms with Crippen molar-refractivity contribution in [3.63, 3.8) is 0 Å². The number of aliphatic hydroxyl groups excluding tert-OH is 1. The molecule has 1 aromatic rings. The molecule has 0 saturated heterocycles. The topological polar surface area (TPSA) is 41.9 Å². The molecule has 1 spiro atoms. The first kappa shape index (κ1) is 15.3. The van der Waals surface area contributed by atoms with Gasteiger partial charge in [0.15, 0.2) is 11.5 Å². The molecule has 1 atom stereocenters. The van der Waals surface area contributed by atoms with Crippen LogP contribution in [0.3, 0.4) is 0 Å². The quantitative estimate of drug-likeness (QED) is 0.911. The molecule has 1 heterocycles. The molecule has 0 unspecified atom stereocenters. The predicted octanol–water partition coefficient (Wildman–Crippen LogP) is 2.81. The molecule has 1 saturated carbocycles. The molecule has 4 rings (SSSR count). The maximum absolute atomic E-state index is 10.0. The van der Waals surface area contributed by atoms with Crippen molar-refractivity contribution in [3.8, 4) is 11.5 Å². The first-order chi connectivity index (χ1) is 11.1. The summed E-state index contributed by atoms with van der Waals surface area (Å²) in [4.78, 5) is 2.50. The van der Waals surface area contributed by atoms with Crippen LogP contribution in [0.2, 0.25) is 0 Å². The normalized spacial score (nSPS) is 32.9. The lowest BCUT2D eigenvalue weighted by Gasteiger charge is -2.38. The number of nitrogens with zero attached hydrogens (tertiary/aromatic N) is 1. The van der Waals surface area contributed by atoms with E-state index < -0.39 is 0 Å². The van der Waals surface area contributed by atoms with Gasteiger partial charge in [0.2, 0.25) is 0 Å². The van der Waals surface area contributed by atoms with Crippen LogP contribution in [0.15, 0.2) is 6.07 Å². The van der Waals surface area contributed by atoms with E-state index in [9.17, 15) is 5.11 Å². The fraction of sp³-hybridized carbons (Fsp3) is 0.684. The number of hydrogen-bond donors (Lipinski definition) is 1. The minimum absolute atomic E-state index is 0.137. The second-order valence-corrected chi connectivity index (χ2v) is 7.52. The van der Waals surface area contributed by atoms with Crippen molar-refractivity contribution in [3.05, 3.63) is 22.8 Å². The van der Waals surface area contributed by atoms with Crippen molar-refractivity contribution in [1.82, 2.24) is 4.90 Å². The van der Waals surface area contributed by atoms with E-state index >= 15 is 0 Å². The Morgan fingerprint density at radius 2 is 1.96 bits per heavy atom. The molecule has 4 nitrogen and oxygen atoms in total. The van der Waals surface area contributed by atoms with Crippen molar-refractivity contribution in [2.45, 2.75) is 56.1 Å². The van der Waals surface area contributed by atoms with E-state index in [1.54, 1.807) is 14.2 Å². The minimum Gasteiger partial charge on any atom is -0.493 e. The summed E-state index contributed by atoms with van der Waals surface area (Å²) >= 11 is 0. The summed E-state index contributed by atoms with van der Waals surface area (Å²) in [6.45, 7) is 1.10. The number of ether oxygens (including phenoxy) is 2. The highest BCUT2D eigenvalue weighted by atomic mass is 16.5.